The molecule has 2 saturated heterocycles. The number of piperidine rings is 1. The van der Waals surface area contributed by atoms with E-state index in [1.165, 1.54) is 4.90 Å². The van der Waals surface area contributed by atoms with E-state index < -0.39 is 6.09 Å². The molecule has 10 heteroatoms. The van der Waals surface area contributed by atoms with Crippen molar-refractivity contribution in [3.8, 4) is 11.1 Å². The van der Waals surface area contributed by atoms with Crippen LogP contribution in [0.3, 0.4) is 0 Å². The Morgan fingerprint density at radius 2 is 1.94 bits per heavy atom. The van der Waals surface area contributed by atoms with Gasteiger partial charge in [-0.05, 0) is 49.1 Å². The first-order valence-corrected chi connectivity index (χ1v) is 11.6. The molecular weight excluding hydrogens is 434 g/mol. The minimum Gasteiger partial charge on any atom is -0.465 e. The molecule has 2 aliphatic heterocycles. The predicted octanol–water partition coefficient (Wildman–Crippen LogP) is 2.98. The van der Waals surface area contributed by atoms with E-state index in [0.29, 0.717) is 26.2 Å². The number of fused-ring (bicyclic) bond motifs is 2. The highest BCUT2D eigenvalue weighted by molar-refractivity contribution is 5.97. The summed E-state index contributed by atoms with van der Waals surface area (Å²) in [7, 11) is 0. The molecule has 174 valence electrons. The number of carboxylic acid groups (broad SMARTS) is 1. The zero-order chi connectivity index (χ0) is 23.2. The van der Waals surface area contributed by atoms with Crippen molar-refractivity contribution < 1.29 is 14.7 Å². The normalized spacial score (nSPS) is 20.9. The second-order valence-corrected chi connectivity index (χ2v) is 9.14. The summed E-state index contributed by atoms with van der Waals surface area (Å²) < 4.78 is 1.62. The van der Waals surface area contributed by atoms with Crippen LogP contribution in [0.2, 0.25) is 0 Å². The topological polar surface area (TPSA) is 120 Å². The first-order chi connectivity index (χ1) is 16.6. The predicted molar refractivity (Wildman–Crippen MR) is 124 cm³/mol. The lowest BCUT2D eigenvalue weighted by molar-refractivity contribution is -0.135. The van der Waals surface area contributed by atoms with E-state index in [9.17, 15) is 14.7 Å². The van der Waals surface area contributed by atoms with E-state index in [1.807, 2.05) is 29.3 Å². The zero-order valence-electron chi connectivity index (χ0n) is 18.6. The standard InChI is InChI=1S/C24H25N7O3/c32-23(16-3-2-9-30(14-16)24(33)34)29-10-6-15(13-29)20-11-18-17(5-8-25-22(18)28-20)19-12-27-31-21(19)4-1-7-26-31/h1,4-5,7-8,11-12,15-16H,2-3,6,9-10,13-14H2,(H,25,28)(H,33,34)/t15?,16-/m0/s1. The first kappa shape index (κ1) is 20.6. The van der Waals surface area contributed by atoms with Crippen molar-refractivity contribution >= 4 is 28.6 Å². The lowest BCUT2D eigenvalue weighted by Gasteiger charge is -2.32. The van der Waals surface area contributed by atoms with Crippen LogP contribution in [0.1, 0.15) is 30.9 Å². The third-order valence-corrected chi connectivity index (χ3v) is 7.13. The monoisotopic (exact) mass is 459 g/mol. The highest BCUT2D eigenvalue weighted by Gasteiger charge is 2.35. The lowest BCUT2D eigenvalue weighted by Crippen LogP contribution is -2.45. The van der Waals surface area contributed by atoms with Gasteiger partial charge in [-0.15, -0.1) is 0 Å². The Kier molecular flexibility index (Phi) is 4.93. The molecule has 0 radical (unpaired) electrons. The number of likely N-dealkylation sites (tertiary alicyclic amines) is 2. The molecule has 2 amide bonds. The number of rotatable bonds is 3. The summed E-state index contributed by atoms with van der Waals surface area (Å²) in [6.45, 7) is 2.12. The van der Waals surface area contributed by atoms with E-state index in [1.54, 1.807) is 17.0 Å². The van der Waals surface area contributed by atoms with Crippen LogP contribution in [-0.4, -0.2) is 77.9 Å². The molecule has 0 bridgehead atoms. The van der Waals surface area contributed by atoms with E-state index in [4.69, 9.17) is 0 Å². The number of hydrogen-bond donors (Lipinski definition) is 2. The molecule has 4 aromatic heterocycles. The number of aromatic amines is 1. The van der Waals surface area contributed by atoms with E-state index in [-0.39, 0.29) is 17.7 Å². The van der Waals surface area contributed by atoms with Gasteiger partial charge in [0.2, 0.25) is 5.91 Å². The van der Waals surface area contributed by atoms with Crippen LogP contribution in [0.15, 0.2) is 42.9 Å². The van der Waals surface area contributed by atoms with Gasteiger partial charge < -0.3 is 19.9 Å². The maximum Gasteiger partial charge on any atom is 0.407 e. The molecule has 0 saturated carbocycles. The van der Waals surface area contributed by atoms with Crippen LogP contribution in [0, 0.1) is 5.92 Å². The fourth-order valence-corrected chi connectivity index (χ4v) is 5.37. The Balaban J connectivity index is 1.24. The molecule has 0 aromatic carbocycles. The van der Waals surface area contributed by atoms with Gasteiger partial charge in [-0.3, -0.25) is 4.79 Å². The number of aromatic nitrogens is 5. The quantitative estimate of drug-likeness (QED) is 0.486. The number of hydrogen-bond acceptors (Lipinski definition) is 5. The maximum absolute atomic E-state index is 13.1. The van der Waals surface area contributed by atoms with Crippen molar-refractivity contribution in [3.05, 3.63) is 48.5 Å². The van der Waals surface area contributed by atoms with Crippen LogP contribution in [0.5, 0.6) is 0 Å². The van der Waals surface area contributed by atoms with Crippen molar-refractivity contribution in [1.29, 1.82) is 0 Å². The minimum absolute atomic E-state index is 0.0715. The molecule has 10 nitrogen and oxygen atoms in total. The fourth-order valence-electron chi connectivity index (χ4n) is 5.37. The van der Waals surface area contributed by atoms with Crippen molar-refractivity contribution in [2.24, 2.45) is 5.92 Å². The van der Waals surface area contributed by atoms with Crippen LogP contribution < -0.4 is 0 Å². The van der Waals surface area contributed by atoms with E-state index in [0.717, 1.165) is 52.6 Å². The van der Waals surface area contributed by atoms with Gasteiger partial charge in [-0.1, -0.05) is 0 Å². The average molecular weight is 460 g/mol. The molecule has 1 unspecified atom stereocenters. The third-order valence-electron chi connectivity index (χ3n) is 7.13. The second kappa shape index (κ2) is 8.12. The average Bonchev–Trinajstić information content (AvgIpc) is 3.61. The highest BCUT2D eigenvalue weighted by atomic mass is 16.4. The number of nitrogens with one attached hydrogen (secondary N) is 1. The number of pyridine rings is 1. The summed E-state index contributed by atoms with van der Waals surface area (Å²) in [4.78, 5) is 35.7. The third kappa shape index (κ3) is 3.46. The number of carbonyl (C=O) groups is 2. The molecule has 4 aromatic rings. The van der Waals surface area contributed by atoms with Gasteiger partial charge in [0.25, 0.3) is 0 Å². The minimum atomic E-state index is -0.944. The Morgan fingerprint density at radius 1 is 1.03 bits per heavy atom. The lowest BCUT2D eigenvalue weighted by atomic mass is 9.97. The molecule has 2 fully saturated rings. The van der Waals surface area contributed by atoms with E-state index in [2.05, 4.69) is 26.2 Å². The Hall–Kier alpha value is -3.95. The summed E-state index contributed by atoms with van der Waals surface area (Å²) in [6, 6.07) is 8.02. The van der Waals surface area contributed by atoms with Gasteiger partial charge in [0.1, 0.15) is 5.65 Å². The smallest absolute Gasteiger partial charge is 0.407 e. The van der Waals surface area contributed by atoms with Gasteiger partial charge in [0.05, 0.1) is 17.6 Å². The molecule has 2 aliphatic rings. The largest absolute Gasteiger partial charge is 0.465 e. The maximum atomic E-state index is 13.1. The summed E-state index contributed by atoms with van der Waals surface area (Å²) >= 11 is 0. The Morgan fingerprint density at radius 3 is 2.82 bits per heavy atom. The Bertz CT molecular complexity index is 1390. The van der Waals surface area contributed by atoms with Crippen molar-refractivity contribution in [2.75, 3.05) is 26.2 Å². The van der Waals surface area contributed by atoms with E-state index >= 15 is 0 Å². The molecule has 0 aliphatic carbocycles. The van der Waals surface area contributed by atoms with Gasteiger partial charge in [0, 0.05) is 61.1 Å². The number of nitrogens with zero attached hydrogens (tertiary/aromatic N) is 6. The molecule has 2 atom stereocenters. The van der Waals surface area contributed by atoms with Gasteiger partial charge >= 0.3 is 6.09 Å². The Labute approximate surface area is 195 Å². The fraction of sp³-hybridized carbons (Fsp3) is 0.375. The summed E-state index contributed by atoms with van der Waals surface area (Å²) in [5, 5.41) is 18.9. The van der Waals surface area contributed by atoms with Crippen LogP contribution in [0.4, 0.5) is 4.79 Å². The zero-order valence-corrected chi connectivity index (χ0v) is 18.6. The SMILES string of the molecule is O=C(O)N1CCC[C@H](C(=O)N2CCC(c3cc4c(-c5cnn6ncccc56)ccnc4[nH]3)C2)C1. The molecule has 6 rings (SSSR count). The van der Waals surface area contributed by atoms with Crippen LogP contribution >= 0.6 is 0 Å². The molecule has 6 heterocycles. The van der Waals surface area contributed by atoms with Gasteiger partial charge in [-0.25, -0.2) is 9.78 Å². The highest BCUT2D eigenvalue weighted by Crippen LogP contribution is 2.35. The van der Waals surface area contributed by atoms with Gasteiger partial charge in [-0.2, -0.15) is 14.8 Å². The molecular formula is C24H25N7O3. The van der Waals surface area contributed by atoms with Crippen LogP contribution in [-0.2, 0) is 4.79 Å². The summed E-state index contributed by atoms with van der Waals surface area (Å²) in [6.07, 6.45) is 6.72. The first-order valence-electron chi connectivity index (χ1n) is 11.6. The number of H-pyrrole nitrogens is 1. The summed E-state index contributed by atoms with van der Waals surface area (Å²) in [5.74, 6) is 0.0155. The molecule has 2 N–H and O–H groups in total. The molecule has 34 heavy (non-hydrogen) atoms. The van der Waals surface area contributed by atoms with Crippen molar-refractivity contribution in [2.45, 2.75) is 25.2 Å². The van der Waals surface area contributed by atoms with Crippen molar-refractivity contribution in [1.82, 2.24) is 34.6 Å². The molecule has 0 spiro atoms. The number of amides is 2. The number of carbonyl (C=O) groups excluding carboxylic acids is 1. The second-order valence-electron chi connectivity index (χ2n) is 9.14. The summed E-state index contributed by atoms with van der Waals surface area (Å²) in [5.41, 5.74) is 4.84. The van der Waals surface area contributed by atoms with Crippen molar-refractivity contribution in [3.63, 3.8) is 0 Å². The van der Waals surface area contributed by atoms with Gasteiger partial charge in [0.15, 0.2) is 0 Å². The van der Waals surface area contributed by atoms with Crippen LogP contribution in [0.25, 0.3) is 27.7 Å².